The quantitative estimate of drug-likeness (QED) is 0.715. The van der Waals surface area contributed by atoms with Gasteiger partial charge in [0.15, 0.2) is 5.79 Å². The molecule has 5 heteroatoms. The van der Waals surface area contributed by atoms with E-state index in [1.165, 1.54) is 0 Å². The van der Waals surface area contributed by atoms with Crippen molar-refractivity contribution in [1.82, 2.24) is 4.90 Å². The van der Waals surface area contributed by atoms with Crippen molar-refractivity contribution in [1.29, 1.82) is 0 Å². The Labute approximate surface area is 113 Å². The number of amides is 1. The Morgan fingerprint density at radius 2 is 2.16 bits per heavy atom. The van der Waals surface area contributed by atoms with Gasteiger partial charge in [0.1, 0.15) is 12.2 Å². The van der Waals surface area contributed by atoms with Gasteiger partial charge in [-0.3, -0.25) is 4.79 Å². The van der Waals surface area contributed by atoms with Gasteiger partial charge in [-0.2, -0.15) is 0 Å². The molecule has 19 heavy (non-hydrogen) atoms. The van der Waals surface area contributed by atoms with Crippen LogP contribution in [0.25, 0.3) is 0 Å². The van der Waals surface area contributed by atoms with E-state index >= 15 is 0 Å². The first-order valence-electron chi connectivity index (χ1n) is 7.07. The number of likely N-dealkylation sites (tertiary alicyclic amines) is 1. The summed E-state index contributed by atoms with van der Waals surface area (Å²) in [4.78, 5) is 14.0. The molecule has 1 unspecified atom stereocenters. The lowest BCUT2D eigenvalue weighted by atomic mass is 10.0. The molecule has 0 aromatic carbocycles. The van der Waals surface area contributed by atoms with E-state index in [1.54, 1.807) is 6.08 Å². The molecule has 3 fully saturated rings. The van der Waals surface area contributed by atoms with Crippen molar-refractivity contribution in [2.75, 3.05) is 26.3 Å². The number of hydrogen-bond donors (Lipinski definition) is 0. The first-order valence-corrected chi connectivity index (χ1v) is 7.07. The molecule has 5 nitrogen and oxygen atoms in total. The van der Waals surface area contributed by atoms with Gasteiger partial charge in [-0.25, -0.2) is 0 Å². The molecule has 0 saturated carbocycles. The molecule has 0 radical (unpaired) electrons. The highest BCUT2D eigenvalue weighted by molar-refractivity contribution is 5.76. The number of rotatable bonds is 4. The van der Waals surface area contributed by atoms with E-state index in [-0.39, 0.29) is 18.1 Å². The molecule has 3 atom stereocenters. The molecule has 3 rings (SSSR count). The van der Waals surface area contributed by atoms with Crippen LogP contribution in [0.1, 0.15) is 25.7 Å². The Bertz CT molecular complexity index is 366. The summed E-state index contributed by atoms with van der Waals surface area (Å²) in [6, 6.07) is 0. The Hall–Kier alpha value is -0.910. The van der Waals surface area contributed by atoms with Gasteiger partial charge in [0.2, 0.25) is 5.91 Å². The van der Waals surface area contributed by atoms with Crippen LogP contribution in [0.4, 0.5) is 0 Å². The average Bonchev–Trinajstić information content (AvgIpc) is 3.06. The fourth-order valence-corrected chi connectivity index (χ4v) is 3.08. The van der Waals surface area contributed by atoms with Crippen LogP contribution >= 0.6 is 0 Å². The minimum Gasteiger partial charge on any atom is -0.366 e. The van der Waals surface area contributed by atoms with E-state index in [1.807, 2.05) is 4.90 Å². The zero-order valence-electron chi connectivity index (χ0n) is 11.2. The molecule has 0 aromatic heterocycles. The highest BCUT2D eigenvalue weighted by atomic mass is 16.8. The Morgan fingerprint density at radius 1 is 1.37 bits per heavy atom. The molecule has 3 aliphatic heterocycles. The lowest BCUT2D eigenvalue weighted by molar-refractivity contribution is -0.264. The van der Waals surface area contributed by atoms with E-state index in [2.05, 4.69) is 6.58 Å². The molecule has 0 N–H and O–H groups in total. The summed E-state index contributed by atoms with van der Waals surface area (Å²) < 4.78 is 17.4. The van der Waals surface area contributed by atoms with E-state index in [4.69, 9.17) is 14.2 Å². The van der Waals surface area contributed by atoms with E-state index in [0.29, 0.717) is 26.1 Å². The van der Waals surface area contributed by atoms with Gasteiger partial charge in [-0.05, 0) is 12.8 Å². The number of carbonyl (C=O) groups excluding carboxylic acids is 1. The Kier molecular flexibility index (Phi) is 3.60. The van der Waals surface area contributed by atoms with Gasteiger partial charge in [-0.1, -0.05) is 6.08 Å². The molecular weight excluding hydrogens is 246 g/mol. The van der Waals surface area contributed by atoms with Crippen LogP contribution in [0.15, 0.2) is 12.7 Å². The zero-order chi connectivity index (χ0) is 13.3. The Balaban J connectivity index is 1.60. The first kappa shape index (κ1) is 13.1. The monoisotopic (exact) mass is 267 g/mol. The zero-order valence-corrected chi connectivity index (χ0v) is 11.2. The highest BCUT2D eigenvalue weighted by Gasteiger charge is 2.51. The number of ether oxygens (including phenoxy) is 3. The number of carbonyl (C=O) groups is 1. The molecule has 2 bridgehead atoms. The van der Waals surface area contributed by atoms with Gasteiger partial charge >= 0.3 is 0 Å². The molecule has 1 amide bonds. The van der Waals surface area contributed by atoms with Crippen LogP contribution in [0.3, 0.4) is 0 Å². The van der Waals surface area contributed by atoms with E-state index in [9.17, 15) is 4.79 Å². The van der Waals surface area contributed by atoms with Crippen molar-refractivity contribution < 1.29 is 19.0 Å². The van der Waals surface area contributed by atoms with Crippen molar-refractivity contribution in [3.63, 3.8) is 0 Å². The summed E-state index contributed by atoms with van der Waals surface area (Å²) in [5, 5.41) is 0. The minimum atomic E-state index is -0.792. The fraction of sp³-hybridized carbons (Fsp3) is 0.786. The summed E-state index contributed by atoms with van der Waals surface area (Å²) in [5.74, 6) is -0.601. The van der Waals surface area contributed by atoms with Crippen LogP contribution in [0.5, 0.6) is 0 Å². The van der Waals surface area contributed by atoms with Crippen LogP contribution < -0.4 is 0 Å². The molecule has 0 aromatic rings. The second-order valence-corrected chi connectivity index (χ2v) is 5.44. The van der Waals surface area contributed by atoms with Crippen LogP contribution in [-0.2, 0) is 19.0 Å². The Morgan fingerprint density at radius 3 is 2.89 bits per heavy atom. The van der Waals surface area contributed by atoms with Crippen LogP contribution in [0, 0.1) is 0 Å². The second kappa shape index (κ2) is 5.23. The molecule has 106 valence electrons. The molecule has 3 saturated heterocycles. The smallest absolute Gasteiger partial charge is 0.222 e. The largest absolute Gasteiger partial charge is 0.366 e. The number of fused-ring (bicyclic) bond motifs is 2. The van der Waals surface area contributed by atoms with Crippen molar-refractivity contribution in [3.8, 4) is 0 Å². The fourth-order valence-electron chi connectivity index (χ4n) is 3.08. The van der Waals surface area contributed by atoms with Gasteiger partial charge < -0.3 is 19.1 Å². The van der Waals surface area contributed by atoms with Crippen LogP contribution in [0.2, 0.25) is 0 Å². The predicted molar refractivity (Wildman–Crippen MR) is 68.5 cm³/mol. The topological polar surface area (TPSA) is 48.0 Å². The summed E-state index contributed by atoms with van der Waals surface area (Å²) >= 11 is 0. The van der Waals surface area contributed by atoms with Crippen LogP contribution in [-0.4, -0.2) is 55.1 Å². The summed E-state index contributed by atoms with van der Waals surface area (Å²) in [5.41, 5.74) is 0. The van der Waals surface area contributed by atoms with Crippen molar-refractivity contribution in [2.45, 2.75) is 43.7 Å². The summed E-state index contributed by atoms with van der Waals surface area (Å²) in [7, 11) is 0. The molecule has 3 heterocycles. The lowest BCUT2D eigenvalue weighted by Gasteiger charge is -2.37. The third-order valence-corrected chi connectivity index (χ3v) is 4.14. The van der Waals surface area contributed by atoms with E-state index < -0.39 is 5.79 Å². The number of nitrogens with zero attached hydrogens (tertiary/aromatic N) is 1. The maximum absolute atomic E-state index is 12.1. The third kappa shape index (κ3) is 2.42. The van der Waals surface area contributed by atoms with Crippen molar-refractivity contribution >= 4 is 5.91 Å². The second-order valence-electron chi connectivity index (χ2n) is 5.44. The lowest BCUT2D eigenvalue weighted by Crippen LogP contribution is -2.49. The molecule has 3 aliphatic rings. The van der Waals surface area contributed by atoms with Crippen molar-refractivity contribution in [3.05, 3.63) is 12.7 Å². The van der Waals surface area contributed by atoms with Gasteiger partial charge in [0, 0.05) is 25.9 Å². The van der Waals surface area contributed by atoms with E-state index in [0.717, 1.165) is 25.9 Å². The van der Waals surface area contributed by atoms with Gasteiger partial charge in [-0.15, -0.1) is 6.58 Å². The molecule has 0 aliphatic carbocycles. The summed E-state index contributed by atoms with van der Waals surface area (Å²) in [6.07, 6.45) is 4.64. The standard InChI is InChI=1S/C14H21NO4/c1-2-12-14(18-10-11(19-14)9-17-12)6-5-13(16)15-7-3-4-8-15/h2,11-12H,1,3-10H2/t11?,12-,14+/m1/s1. The van der Waals surface area contributed by atoms with Gasteiger partial charge in [0.05, 0.1) is 13.2 Å². The minimum absolute atomic E-state index is 0.00177. The highest BCUT2D eigenvalue weighted by Crippen LogP contribution is 2.38. The molecular formula is C14H21NO4. The number of hydrogen-bond acceptors (Lipinski definition) is 4. The first-order chi connectivity index (χ1) is 9.23. The summed E-state index contributed by atoms with van der Waals surface area (Å²) in [6.45, 7) is 6.63. The predicted octanol–water partition coefficient (Wildman–Crippen LogP) is 1.09. The maximum atomic E-state index is 12.1. The maximum Gasteiger partial charge on any atom is 0.222 e. The van der Waals surface area contributed by atoms with Gasteiger partial charge in [0.25, 0.3) is 0 Å². The normalized spacial score (nSPS) is 37.6. The third-order valence-electron chi connectivity index (χ3n) is 4.14. The molecule has 0 spiro atoms. The average molecular weight is 267 g/mol. The van der Waals surface area contributed by atoms with Crippen molar-refractivity contribution in [2.24, 2.45) is 0 Å². The SMILES string of the molecule is C=C[C@H]1OCC2CO[C@@]1(CCC(=O)N1CCCC1)O2.